The lowest BCUT2D eigenvalue weighted by atomic mass is 10.0. The van der Waals surface area contributed by atoms with E-state index in [9.17, 15) is 14.0 Å². The molecule has 0 bridgehead atoms. The lowest BCUT2D eigenvalue weighted by Crippen LogP contribution is -2.29. The van der Waals surface area contributed by atoms with Gasteiger partial charge in [-0.15, -0.1) is 35.5 Å². The minimum absolute atomic E-state index is 0. The molecule has 0 saturated carbocycles. The molecule has 0 aliphatic carbocycles. The molecule has 1 N–H and O–H groups in total. The Morgan fingerprint density at radius 3 is 2.69 bits per heavy atom. The van der Waals surface area contributed by atoms with E-state index in [1.54, 1.807) is 12.1 Å². The molecule has 2 aromatic rings. The molecule has 0 spiro atoms. The summed E-state index contributed by atoms with van der Waals surface area (Å²) in [6.45, 7) is 4.75. The molecule has 1 aromatic carbocycles. The standard InChI is InChI=1S/C20H23FN2O3S2.ClH/c1-3-23-10-8-15-16(12-23)28-19(18(15)20(25)26-2)22-17(24)9-11-27-14-6-4-13(21)5-7-14;/h4-7H,3,8-12H2,1-2H3,(H,22,24);1H. The summed E-state index contributed by atoms with van der Waals surface area (Å²) in [5.41, 5.74) is 1.50. The lowest BCUT2D eigenvalue weighted by Gasteiger charge is -2.25. The summed E-state index contributed by atoms with van der Waals surface area (Å²) in [6.07, 6.45) is 1.08. The zero-order valence-corrected chi connectivity index (χ0v) is 18.8. The fourth-order valence-electron chi connectivity index (χ4n) is 3.11. The number of anilines is 1. The van der Waals surface area contributed by atoms with E-state index in [2.05, 4.69) is 17.1 Å². The monoisotopic (exact) mass is 458 g/mol. The largest absolute Gasteiger partial charge is 0.465 e. The summed E-state index contributed by atoms with van der Waals surface area (Å²) in [5.74, 6) is -0.260. The molecule has 29 heavy (non-hydrogen) atoms. The maximum atomic E-state index is 12.9. The number of hydrogen-bond donors (Lipinski definition) is 1. The molecule has 0 atom stereocenters. The Morgan fingerprint density at radius 2 is 2.03 bits per heavy atom. The van der Waals surface area contributed by atoms with Gasteiger partial charge in [-0.1, -0.05) is 6.92 Å². The molecule has 0 unspecified atom stereocenters. The second kappa shape index (κ2) is 11.0. The lowest BCUT2D eigenvalue weighted by molar-refractivity contribution is -0.115. The third-order valence-corrected chi connectivity index (χ3v) is 6.78. The van der Waals surface area contributed by atoms with Gasteiger partial charge < -0.3 is 10.1 Å². The summed E-state index contributed by atoms with van der Waals surface area (Å²) in [4.78, 5) is 29.1. The fraction of sp³-hybridized carbons (Fsp3) is 0.400. The predicted octanol–water partition coefficient (Wildman–Crippen LogP) is 4.59. The van der Waals surface area contributed by atoms with Crippen molar-refractivity contribution in [1.82, 2.24) is 4.90 Å². The smallest absolute Gasteiger partial charge is 0.341 e. The van der Waals surface area contributed by atoms with Crippen LogP contribution in [0.25, 0.3) is 0 Å². The number of nitrogens with zero attached hydrogens (tertiary/aromatic N) is 1. The number of hydrogen-bond acceptors (Lipinski definition) is 6. The van der Waals surface area contributed by atoms with Crippen molar-refractivity contribution in [3.05, 3.63) is 46.1 Å². The minimum Gasteiger partial charge on any atom is -0.465 e. The zero-order chi connectivity index (χ0) is 20.1. The summed E-state index contributed by atoms with van der Waals surface area (Å²) >= 11 is 2.95. The Morgan fingerprint density at radius 1 is 1.31 bits per heavy atom. The van der Waals surface area contributed by atoms with E-state index in [0.717, 1.165) is 41.4 Å². The molecule has 0 saturated heterocycles. The first-order valence-corrected chi connectivity index (χ1v) is 11.0. The van der Waals surface area contributed by atoms with Gasteiger partial charge in [-0.2, -0.15) is 0 Å². The predicted molar refractivity (Wildman–Crippen MR) is 118 cm³/mol. The number of thiophene rings is 1. The average Bonchev–Trinajstić information content (AvgIpc) is 3.05. The Balaban J connectivity index is 0.00000300. The molecule has 3 rings (SSSR count). The highest BCUT2D eigenvalue weighted by Crippen LogP contribution is 2.37. The molecular formula is C20H24ClFN2O3S2. The van der Waals surface area contributed by atoms with E-state index in [-0.39, 0.29) is 24.1 Å². The highest BCUT2D eigenvalue weighted by molar-refractivity contribution is 7.99. The van der Waals surface area contributed by atoms with Gasteiger partial charge in [-0.05, 0) is 42.8 Å². The van der Waals surface area contributed by atoms with E-state index in [1.807, 2.05) is 0 Å². The van der Waals surface area contributed by atoms with Gasteiger partial charge in [0.05, 0.1) is 12.7 Å². The number of ether oxygens (including phenoxy) is 1. The molecule has 9 heteroatoms. The molecule has 1 aromatic heterocycles. The SMILES string of the molecule is CCN1CCc2c(sc(NC(=O)CCSc3ccc(F)cc3)c2C(=O)OC)C1.Cl. The van der Waals surface area contributed by atoms with E-state index in [0.29, 0.717) is 22.7 Å². The van der Waals surface area contributed by atoms with Crippen molar-refractivity contribution in [3.8, 4) is 0 Å². The van der Waals surface area contributed by atoms with Crippen molar-refractivity contribution < 1.29 is 18.7 Å². The zero-order valence-electron chi connectivity index (χ0n) is 16.3. The number of nitrogens with one attached hydrogen (secondary N) is 1. The molecular weight excluding hydrogens is 435 g/mol. The highest BCUT2D eigenvalue weighted by atomic mass is 35.5. The van der Waals surface area contributed by atoms with E-state index >= 15 is 0 Å². The fourth-order valence-corrected chi connectivity index (χ4v) is 5.26. The minimum atomic E-state index is -0.404. The number of esters is 1. The quantitative estimate of drug-likeness (QED) is 0.485. The molecule has 0 radical (unpaired) electrons. The van der Waals surface area contributed by atoms with Crippen LogP contribution in [0.1, 0.15) is 34.1 Å². The van der Waals surface area contributed by atoms with Crippen LogP contribution < -0.4 is 5.32 Å². The Kier molecular flexibility index (Phi) is 8.95. The van der Waals surface area contributed by atoms with Crippen molar-refractivity contribution in [1.29, 1.82) is 0 Å². The number of thioether (sulfide) groups is 1. The summed E-state index contributed by atoms with van der Waals surface area (Å²) in [5, 5.41) is 3.47. The Hall–Kier alpha value is -1.61. The summed E-state index contributed by atoms with van der Waals surface area (Å²) in [6, 6.07) is 6.20. The van der Waals surface area contributed by atoms with E-state index in [4.69, 9.17) is 4.74 Å². The van der Waals surface area contributed by atoms with Crippen LogP contribution in [0.2, 0.25) is 0 Å². The van der Waals surface area contributed by atoms with E-state index < -0.39 is 5.97 Å². The van der Waals surface area contributed by atoms with Crippen LogP contribution in [-0.4, -0.2) is 42.7 Å². The Bertz CT molecular complexity index is 858. The number of amides is 1. The van der Waals surface area contributed by atoms with Crippen molar-refractivity contribution >= 4 is 52.4 Å². The molecule has 1 aliphatic heterocycles. The number of benzene rings is 1. The number of likely N-dealkylation sites (N-methyl/N-ethyl adjacent to an activating group) is 1. The molecule has 0 fully saturated rings. The summed E-state index contributed by atoms with van der Waals surface area (Å²) in [7, 11) is 1.36. The molecule has 2 heterocycles. The van der Waals surface area contributed by atoms with Crippen LogP contribution in [0, 0.1) is 5.82 Å². The number of methoxy groups -OCH3 is 1. The third kappa shape index (κ3) is 5.94. The van der Waals surface area contributed by atoms with Gasteiger partial charge in [0.15, 0.2) is 0 Å². The van der Waals surface area contributed by atoms with Crippen LogP contribution in [0.5, 0.6) is 0 Å². The van der Waals surface area contributed by atoms with Crippen molar-refractivity contribution in [2.75, 3.05) is 31.3 Å². The van der Waals surface area contributed by atoms with Gasteiger partial charge >= 0.3 is 5.97 Å². The first-order chi connectivity index (χ1) is 13.5. The van der Waals surface area contributed by atoms with Gasteiger partial charge in [0.25, 0.3) is 0 Å². The molecule has 5 nitrogen and oxygen atoms in total. The first-order valence-electron chi connectivity index (χ1n) is 9.15. The van der Waals surface area contributed by atoms with Gasteiger partial charge in [-0.3, -0.25) is 9.69 Å². The molecule has 1 aliphatic rings. The van der Waals surface area contributed by atoms with Crippen LogP contribution in [0.3, 0.4) is 0 Å². The molecule has 158 valence electrons. The number of carbonyl (C=O) groups excluding carboxylic acids is 2. The van der Waals surface area contributed by atoms with Crippen LogP contribution in [-0.2, 0) is 22.5 Å². The number of carbonyl (C=O) groups is 2. The van der Waals surface area contributed by atoms with Crippen LogP contribution >= 0.6 is 35.5 Å². The topological polar surface area (TPSA) is 58.6 Å². The normalized spacial score (nSPS) is 13.3. The maximum absolute atomic E-state index is 12.9. The number of halogens is 2. The van der Waals surface area contributed by atoms with Gasteiger partial charge in [0.1, 0.15) is 10.8 Å². The first kappa shape index (κ1) is 23.7. The van der Waals surface area contributed by atoms with Crippen molar-refractivity contribution in [2.24, 2.45) is 0 Å². The molecule has 1 amide bonds. The van der Waals surface area contributed by atoms with Gasteiger partial charge in [0, 0.05) is 35.0 Å². The number of rotatable bonds is 7. The van der Waals surface area contributed by atoms with Crippen molar-refractivity contribution in [3.63, 3.8) is 0 Å². The second-order valence-electron chi connectivity index (χ2n) is 6.42. The second-order valence-corrected chi connectivity index (χ2v) is 8.69. The number of fused-ring (bicyclic) bond motifs is 1. The average molecular weight is 459 g/mol. The maximum Gasteiger partial charge on any atom is 0.341 e. The third-order valence-electron chi connectivity index (χ3n) is 4.64. The van der Waals surface area contributed by atoms with Crippen LogP contribution in [0.15, 0.2) is 29.2 Å². The highest BCUT2D eigenvalue weighted by Gasteiger charge is 2.28. The van der Waals surface area contributed by atoms with E-state index in [1.165, 1.54) is 42.3 Å². The van der Waals surface area contributed by atoms with Crippen LogP contribution in [0.4, 0.5) is 9.39 Å². The van der Waals surface area contributed by atoms with Crippen molar-refractivity contribution in [2.45, 2.75) is 31.2 Å². The van der Waals surface area contributed by atoms with Gasteiger partial charge in [-0.25, -0.2) is 9.18 Å². The summed E-state index contributed by atoms with van der Waals surface area (Å²) < 4.78 is 17.9. The van der Waals surface area contributed by atoms with Gasteiger partial charge in [0.2, 0.25) is 5.91 Å². The Labute approximate surface area is 184 Å².